The highest BCUT2D eigenvalue weighted by Crippen LogP contribution is 2.41. The Labute approximate surface area is 202 Å². The Morgan fingerprint density at radius 2 is 1.82 bits per heavy atom. The molecule has 0 aromatic heterocycles. The number of esters is 2. The maximum Gasteiger partial charge on any atom is 0.350 e. The van der Waals surface area contributed by atoms with Gasteiger partial charge in [0.1, 0.15) is 18.0 Å². The van der Waals surface area contributed by atoms with E-state index in [1.165, 1.54) is 6.92 Å². The molecule has 1 aromatic rings. The van der Waals surface area contributed by atoms with E-state index in [0.717, 1.165) is 11.8 Å². The van der Waals surface area contributed by atoms with Crippen LogP contribution < -0.4 is 4.74 Å². The molecule has 0 bridgehead atoms. The first-order chi connectivity index (χ1) is 15.7. The third-order valence-corrected chi connectivity index (χ3v) is 6.61. The summed E-state index contributed by atoms with van der Waals surface area (Å²) in [6.45, 7) is 8.55. The van der Waals surface area contributed by atoms with Crippen molar-refractivity contribution in [2.75, 3.05) is 26.6 Å². The molecule has 0 saturated carbocycles. The number of ether oxygens (including phenoxy) is 4. The van der Waals surface area contributed by atoms with Gasteiger partial charge in [0.15, 0.2) is 8.32 Å². The van der Waals surface area contributed by atoms with Crippen molar-refractivity contribution >= 4 is 30.4 Å². The number of cyclic esters (lactones) is 1. The average Bonchev–Trinajstić information content (AvgIpc) is 2.99. The summed E-state index contributed by atoms with van der Waals surface area (Å²) in [5.74, 6) is -2.16. The van der Waals surface area contributed by atoms with E-state index in [-0.39, 0.29) is 19.8 Å². The number of methoxy groups -OCH3 is 1. The summed E-state index contributed by atoms with van der Waals surface area (Å²) in [4.78, 5) is 26.4. The van der Waals surface area contributed by atoms with Crippen molar-refractivity contribution in [1.29, 1.82) is 0 Å². The van der Waals surface area contributed by atoms with Gasteiger partial charge in [-0.25, -0.2) is 9.59 Å². The van der Waals surface area contributed by atoms with Crippen LogP contribution in [0.15, 0.2) is 24.3 Å². The fourth-order valence-electron chi connectivity index (χ4n) is 3.78. The lowest BCUT2D eigenvalue weighted by molar-refractivity contribution is -0.176. The Balaban J connectivity index is 2.40. The van der Waals surface area contributed by atoms with Crippen LogP contribution in [-0.2, 0) is 49.1 Å². The van der Waals surface area contributed by atoms with Crippen molar-refractivity contribution < 1.29 is 45.6 Å². The molecule has 0 amide bonds. The Morgan fingerprint density at radius 3 is 2.32 bits per heavy atom. The minimum absolute atomic E-state index is 0.0163. The monoisotopic (exact) mass is 518 g/mol. The molecule has 34 heavy (non-hydrogen) atoms. The number of carbonyl (C=O) groups is 2. The fourth-order valence-corrected chi connectivity index (χ4v) is 5.73. The maximum atomic E-state index is 13.2. The third-order valence-electron chi connectivity index (χ3n) is 5.03. The van der Waals surface area contributed by atoms with Gasteiger partial charge in [-0.2, -0.15) is 8.42 Å². The Bertz CT molecular complexity index is 957. The van der Waals surface area contributed by atoms with Crippen LogP contribution in [0.3, 0.4) is 0 Å². The van der Waals surface area contributed by atoms with Crippen molar-refractivity contribution in [1.82, 2.24) is 0 Å². The predicted octanol–water partition coefficient (Wildman–Crippen LogP) is 2.27. The molecule has 0 N–H and O–H groups in total. The van der Waals surface area contributed by atoms with Gasteiger partial charge in [-0.15, -0.1) is 0 Å². The van der Waals surface area contributed by atoms with Crippen LogP contribution in [0.4, 0.5) is 0 Å². The molecule has 12 heteroatoms. The van der Waals surface area contributed by atoms with Crippen LogP contribution in [0.25, 0.3) is 0 Å². The van der Waals surface area contributed by atoms with Crippen molar-refractivity contribution in [2.24, 2.45) is 5.92 Å². The number of carbonyl (C=O) groups excluding carboxylic acids is 2. The van der Waals surface area contributed by atoms with Crippen LogP contribution >= 0.6 is 0 Å². The second kappa shape index (κ2) is 11.2. The first-order valence-corrected chi connectivity index (χ1v) is 16.1. The average molecular weight is 519 g/mol. The second-order valence-electron chi connectivity index (χ2n) is 9.02. The van der Waals surface area contributed by atoms with E-state index in [2.05, 4.69) is 0 Å². The summed E-state index contributed by atoms with van der Waals surface area (Å²) in [6.07, 6.45) is -1.32. The summed E-state index contributed by atoms with van der Waals surface area (Å²) in [6, 6.07) is 7.20. The van der Waals surface area contributed by atoms with Crippen LogP contribution in [0, 0.1) is 5.92 Å². The lowest BCUT2D eigenvalue weighted by atomic mass is 9.84. The first kappa shape index (κ1) is 28.2. The Kier molecular flexibility index (Phi) is 9.27. The summed E-state index contributed by atoms with van der Waals surface area (Å²) < 4.78 is 56.5. The predicted molar refractivity (Wildman–Crippen MR) is 125 cm³/mol. The quantitative estimate of drug-likeness (QED) is 0.176. The zero-order chi connectivity index (χ0) is 25.7. The van der Waals surface area contributed by atoms with Gasteiger partial charge in [-0.1, -0.05) is 12.1 Å². The molecule has 0 unspecified atom stereocenters. The van der Waals surface area contributed by atoms with Crippen LogP contribution in [0.1, 0.15) is 19.4 Å². The van der Waals surface area contributed by atoms with Gasteiger partial charge in [-0.3, -0.25) is 4.18 Å². The highest BCUT2D eigenvalue weighted by molar-refractivity contribution is 7.86. The van der Waals surface area contributed by atoms with Gasteiger partial charge in [0, 0.05) is 0 Å². The highest BCUT2D eigenvalue weighted by atomic mass is 32.2. The highest BCUT2D eigenvalue weighted by Gasteiger charge is 2.67. The summed E-state index contributed by atoms with van der Waals surface area (Å²) in [5.41, 5.74) is -1.27. The second-order valence-corrected chi connectivity index (χ2v) is 15.0. The van der Waals surface area contributed by atoms with Gasteiger partial charge >= 0.3 is 11.9 Å². The van der Waals surface area contributed by atoms with E-state index in [1.807, 2.05) is 31.8 Å². The van der Waals surface area contributed by atoms with Gasteiger partial charge in [0.25, 0.3) is 15.7 Å². The van der Waals surface area contributed by atoms with E-state index in [9.17, 15) is 18.0 Å². The van der Waals surface area contributed by atoms with Crippen molar-refractivity contribution in [2.45, 2.75) is 57.9 Å². The van der Waals surface area contributed by atoms with Gasteiger partial charge < -0.3 is 23.4 Å². The summed E-state index contributed by atoms with van der Waals surface area (Å²) in [5, 5.41) is 0. The summed E-state index contributed by atoms with van der Waals surface area (Å²) in [7, 11) is -4.83. The Morgan fingerprint density at radius 1 is 1.21 bits per heavy atom. The number of benzene rings is 1. The minimum atomic E-state index is -3.87. The van der Waals surface area contributed by atoms with Crippen LogP contribution in [-0.4, -0.2) is 73.1 Å². The molecule has 0 aliphatic carbocycles. The van der Waals surface area contributed by atoms with E-state index in [4.69, 9.17) is 27.6 Å². The SMILES string of the molecule is CCOC(=O)[C@]1(O[Si](C)(C)C)C(=O)O[C@@H]([C@H](C)OS(C)(=O)=O)[C@@H]1COCc1ccc(OC)cc1. The lowest BCUT2D eigenvalue weighted by Crippen LogP contribution is -2.59. The van der Waals surface area contributed by atoms with Crippen LogP contribution in [0.2, 0.25) is 19.6 Å². The first-order valence-electron chi connectivity index (χ1n) is 10.9. The molecule has 0 radical (unpaired) electrons. The molecule has 192 valence electrons. The van der Waals surface area contributed by atoms with Crippen molar-refractivity contribution in [3.63, 3.8) is 0 Å². The molecule has 2 rings (SSSR count). The van der Waals surface area contributed by atoms with Gasteiger partial charge in [0.2, 0.25) is 0 Å². The Hall–Kier alpha value is -1.99. The van der Waals surface area contributed by atoms with Crippen LogP contribution in [0.5, 0.6) is 5.75 Å². The van der Waals surface area contributed by atoms with Crippen molar-refractivity contribution in [3.05, 3.63) is 29.8 Å². The zero-order valence-corrected chi connectivity index (χ0v) is 22.5. The molecular weight excluding hydrogens is 484 g/mol. The van der Waals surface area contributed by atoms with Gasteiger partial charge in [0.05, 0.1) is 39.1 Å². The minimum Gasteiger partial charge on any atom is -0.497 e. The molecule has 1 aliphatic heterocycles. The molecule has 1 aromatic carbocycles. The smallest absolute Gasteiger partial charge is 0.350 e. The fraction of sp³-hybridized carbons (Fsp3) is 0.636. The van der Waals surface area contributed by atoms with Crippen molar-refractivity contribution in [3.8, 4) is 5.75 Å². The molecule has 4 atom stereocenters. The topological polar surface area (TPSA) is 124 Å². The number of hydrogen-bond acceptors (Lipinski definition) is 10. The third kappa shape index (κ3) is 7.01. The molecule has 1 saturated heterocycles. The standard InChI is InChI=1S/C22H34O10SSi/c1-8-29-20(23)22(32-34(5,6)7)18(14-28-13-16-9-11-17(27-3)12-10-16)19(30-21(22)24)15(2)31-33(4,25)26/h9-12,15,18-19H,8,13-14H2,1-7H3/t15-,18-,19-,22-/m0/s1. The lowest BCUT2D eigenvalue weighted by Gasteiger charge is -2.36. The van der Waals surface area contributed by atoms with Gasteiger partial charge in [-0.05, 0) is 51.2 Å². The maximum absolute atomic E-state index is 13.2. The number of rotatable bonds is 12. The normalized spacial score (nSPS) is 23.9. The molecule has 1 fully saturated rings. The van der Waals surface area contributed by atoms with E-state index in [1.54, 1.807) is 26.2 Å². The molecule has 1 heterocycles. The largest absolute Gasteiger partial charge is 0.497 e. The number of hydrogen-bond donors (Lipinski definition) is 0. The molecule has 1 aliphatic rings. The zero-order valence-electron chi connectivity index (χ0n) is 20.7. The molecule has 0 spiro atoms. The summed E-state index contributed by atoms with van der Waals surface area (Å²) >= 11 is 0. The van der Waals surface area contributed by atoms with E-state index in [0.29, 0.717) is 5.75 Å². The van der Waals surface area contributed by atoms with E-state index < -0.39 is 54.1 Å². The van der Waals surface area contributed by atoms with E-state index >= 15 is 0 Å². The molecule has 10 nitrogen and oxygen atoms in total. The molecular formula is C22H34O10SSi.